The Morgan fingerprint density at radius 2 is 1.85 bits per heavy atom. The van der Waals surface area contributed by atoms with Crippen LogP contribution < -0.4 is 4.74 Å². The van der Waals surface area contributed by atoms with Gasteiger partial charge >= 0.3 is 0 Å². The second-order valence-corrected chi connectivity index (χ2v) is 7.43. The highest BCUT2D eigenvalue weighted by atomic mass is 32.2. The van der Waals surface area contributed by atoms with E-state index in [0.717, 1.165) is 22.4 Å². The van der Waals surface area contributed by atoms with Crippen LogP contribution in [0.2, 0.25) is 0 Å². The average Bonchev–Trinajstić information content (AvgIpc) is 3.12. The van der Waals surface area contributed by atoms with E-state index in [1.54, 1.807) is 7.11 Å². The lowest BCUT2D eigenvalue weighted by Crippen LogP contribution is -2.14. The molecular weight excluding hydrogens is 346 g/mol. The molecular formula is C20H21N3O2S. The van der Waals surface area contributed by atoms with Gasteiger partial charge in [-0.3, -0.25) is 9.89 Å². The van der Waals surface area contributed by atoms with Gasteiger partial charge < -0.3 is 4.74 Å². The first-order valence-electron chi connectivity index (χ1n) is 8.33. The van der Waals surface area contributed by atoms with E-state index in [0.29, 0.717) is 11.0 Å². The lowest BCUT2D eigenvalue weighted by atomic mass is 10.0. The molecule has 0 fully saturated rings. The molecule has 5 nitrogen and oxygen atoms in total. The van der Waals surface area contributed by atoms with Gasteiger partial charge in [-0.1, -0.05) is 23.9 Å². The molecule has 0 bridgehead atoms. The number of aromatic amines is 1. The molecule has 1 N–H and O–H groups in total. The number of benzene rings is 2. The van der Waals surface area contributed by atoms with Crippen molar-refractivity contribution in [2.45, 2.75) is 31.2 Å². The molecule has 2 aromatic carbocycles. The number of thioether (sulfide) groups is 1. The van der Waals surface area contributed by atoms with Crippen molar-refractivity contribution in [1.29, 1.82) is 0 Å². The first-order valence-corrected chi connectivity index (χ1v) is 9.21. The number of ketones is 1. The number of carbonyl (C=O) groups excluding carboxylic acids is 1. The first kappa shape index (κ1) is 18.2. The van der Waals surface area contributed by atoms with Crippen LogP contribution in [0.25, 0.3) is 11.4 Å². The van der Waals surface area contributed by atoms with Crippen LogP contribution in [0.15, 0.2) is 47.6 Å². The molecule has 0 saturated carbocycles. The van der Waals surface area contributed by atoms with Crippen molar-refractivity contribution in [3.63, 3.8) is 0 Å². The Hall–Kier alpha value is -2.60. The van der Waals surface area contributed by atoms with E-state index >= 15 is 0 Å². The third kappa shape index (κ3) is 3.96. The van der Waals surface area contributed by atoms with Gasteiger partial charge in [0.2, 0.25) is 5.16 Å². The number of Topliss-reactive ketones (excluding diaryl/α,β-unsaturated/α-hetero) is 1. The summed E-state index contributed by atoms with van der Waals surface area (Å²) in [4.78, 5) is 17.1. The fourth-order valence-electron chi connectivity index (χ4n) is 2.52. The molecule has 0 amide bonds. The highest BCUT2D eigenvalue weighted by Crippen LogP contribution is 2.26. The quantitative estimate of drug-likeness (QED) is 0.514. The highest BCUT2D eigenvalue weighted by molar-refractivity contribution is 8.00. The number of methoxy groups -OCH3 is 1. The Morgan fingerprint density at radius 1 is 1.12 bits per heavy atom. The number of rotatable bonds is 6. The topological polar surface area (TPSA) is 67.9 Å². The molecule has 1 unspecified atom stereocenters. The fourth-order valence-corrected chi connectivity index (χ4v) is 3.32. The van der Waals surface area contributed by atoms with Crippen LogP contribution >= 0.6 is 11.8 Å². The first-order chi connectivity index (χ1) is 12.5. The maximum Gasteiger partial charge on any atom is 0.209 e. The Labute approximate surface area is 157 Å². The summed E-state index contributed by atoms with van der Waals surface area (Å²) in [6.07, 6.45) is 0. The van der Waals surface area contributed by atoms with Gasteiger partial charge in [0.05, 0.1) is 12.4 Å². The Kier molecular flexibility index (Phi) is 5.42. The Morgan fingerprint density at radius 3 is 2.50 bits per heavy atom. The lowest BCUT2D eigenvalue weighted by molar-refractivity contribution is 0.0994. The molecule has 0 aliphatic heterocycles. The number of aromatic nitrogens is 3. The van der Waals surface area contributed by atoms with E-state index in [1.165, 1.54) is 17.3 Å². The van der Waals surface area contributed by atoms with Gasteiger partial charge in [0.1, 0.15) is 5.75 Å². The molecule has 1 atom stereocenters. The minimum absolute atomic E-state index is 0.0777. The van der Waals surface area contributed by atoms with E-state index in [-0.39, 0.29) is 11.0 Å². The number of aryl methyl sites for hydroxylation is 2. The zero-order chi connectivity index (χ0) is 18.7. The summed E-state index contributed by atoms with van der Waals surface area (Å²) in [5.41, 5.74) is 3.94. The second-order valence-electron chi connectivity index (χ2n) is 6.12. The summed E-state index contributed by atoms with van der Waals surface area (Å²) in [6.45, 7) is 5.93. The van der Waals surface area contributed by atoms with Gasteiger partial charge in [0.15, 0.2) is 11.6 Å². The normalized spacial score (nSPS) is 12.0. The largest absolute Gasteiger partial charge is 0.497 e. The monoisotopic (exact) mass is 367 g/mol. The molecule has 1 aromatic heterocycles. The summed E-state index contributed by atoms with van der Waals surface area (Å²) >= 11 is 1.35. The number of hydrogen-bond donors (Lipinski definition) is 1. The molecule has 3 rings (SSSR count). The lowest BCUT2D eigenvalue weighted by Gasteiger charge is -2.09. The Bertz CT molecular complexity index is 919. The minimum Gasteiger partial charge on any atom is -0.497 e. The summed E-state index contributed by atoms with van der Waals surface area (Å²) in [5.74, 6) is 1.53. The fraction of sp³-hybridized carbons (Fsp3) is 0.250. The number of H-pyrrole nitrogens is 1. The minimum atomic E-state index is -0.267. The van der Waals surface area contributed by atoms with Crippen LogP contribution in [0.3, 0.4) is 0 Å². The van der Waals surface area contributed by atoms with E-state index in [9.17, 15) is 4.79 Å². The maximum absolute atomic E-state index is 12.7. The van der Waals surface area contributed by atoms with Crippen molar-refractivity contribution >= 4 is 17.5 Å². The van der Waals surface area contributed by atoms with Crippen molar-refractivity contribution in [2.75, 3.05) is 7.11 Å². The predicted octanol–water partition coefficient (Wildman–Crippen LogP) is 4.46. The predicted molar refractivity (Wildman–Crippen MR) is 104 cm³/mol. The molecule has 0 saturated heterocycles. The van der Waals surface area contributed by atoms with Crippen LogP contribution in [0.4, 0.5) is 0 Å². The van der Waals surface area contributed by atoms with E-state index in [1.807, 2.05) is 63.2 Å². The second kappa shape index (κ2) is 7.74. The van der Waals surface area contributed by atoms with Gasteiger partial charge in [-0.15, -0.1) is 5.10 Å². The van der Waals surface area contributed by atoms with Crippen molar-refractivity contribution in [2.24, 2.45) is 0 Å². The number of ether oxygens (including phenoxy) is 1. The van der Waals surface area contributed by atoms with Crippen LogP contribution in [0.1, 0.15) is 28.4 Å². The van der Waals surface area contributed by atoms with Crippen LogP contribution in [-0.2, 0) is 0 Å². The third-order valence-electron chi connectivity index (χ3n) is 4.27. The van der Waals surface area contributed by atoms with Crippen molar-refractivity contribution in [3.8, 4) is 17.1 Å². The summed E-state index contributed by atoms with van der Waals surface area (Å²) in [6, 6.07) is 13.4. The van der Waals surface area contributed by atoms with Crippen molar-refractivity contribution < 1.29 is 9.53 Å². The number of nitrogens with one attached hydrogen (secondary N) is 1. The molecule has 1 heterocycles. The summed E-state index contributed by atoms with van der Waals surface area (Å²) in [7, 11) is 1.63. The SMILES string of the molecule is COc1ccc(-c2nc(SC(C)C(=O)c3ccc(C)c(C)c3)n[nH]2)cc1. The molecule has 0 spiro atoms. The molecule has 134 valence electrons. The molecule has 3 aromatic rings. The van der Waals surface area contributed by atoms with Crippen molar-refractivity contribution in [1.82, 2.24) is 15.2 Å². The van der Waals surface area contributed by atoms with E-state index in [2.05, 4.69) is 15.2 Å². The van der Waals surface area contributed by atoms with Crippen LogP contribution in [0.5, 0.6) is 5.75 Å². The van der Waals surface area contributed by atoms with E-state index < -0.39 is 0 Å². The zero-order valence-corrected chi connectivity index (χ0v) is 16.1. The zero-order valence-electron chi connectivity index (χ0n) is 15.2. The van der Waals surface area contributed by atoms with Gasteiger partial charge in [0.25, 0.3) is 0 Å². The van der Waals surface area contributed by atoms with Crippen molar-refractivity contribution in [3.05, 3.63) is 59.2 Å². The highest BCUT2D eigenvalue weighted by Gasteiger charge is 2.19. The molecule has 0 radical (unpaired) electrons. The van der Waals surface area contributed by atoms with Gasteiger partial charge in [-0.2, -0.15) is 0 Å². The summed E-state index contributed by atoms with van der Waals surface area (Å²) < 4.78 is 5.16. The number of carbonyl (C=O) groups is 1. The molecule has 6 heteroatoms. The van der Waals surface area contributed by atoms with Gasteiger partial charge in [-0.05, 0) is 62.2 Å². The molecule has 0 aliphatic carbocycles. The number of nitrogens with zero attached hydrogens (tertiary/aromatic N) is 2. The Balaban J connectivity index is 1.71. The molecule has 26 heavy (non-hydrogen) atoms. The van der Waals surface area contributed by atoms with E-state index in [4.69, 9.17) is 4.74 Å². The van der Waals surface area contributed by atoms with Gasteiger partial charge in [-0.25, -0.2) is 4.98 Å². The number of hydrogen-bond acceptors (Lipinski definition) is 5. The van der Waals surface area contributed by atoms with Crippen LogP contribution in [0, 0.1) is 13.8 Å². The van der Waals surface area contributed by atoms with Crippen LogP contribution in [-0.4, -0.2) is 33.3 Å². The smallest absolute Gasteiger partial charge is 0.209 e. The molecule has 0 aliphatic rings. The average molecular weight is 367 g/mol. The van der Waals surface area contributed by atoms with Gasteiger partial charge in [0, 0.05) is 11.1 Å². The third-order valence-corrected chi connectivity index (χ3v) is 5.23. The summed E-state index contributed by atoms with van der Waals surface area (Å²) in [5, 5.41) is 7.44. The standard InChI is InChI=1S/C20H21N3O2S/c1-12-5-6-16(11-13(12)2)18(24)14(3)26-20-21-19(22-23-20)15-7-9-17(25-4)10-8-15/h5-11,14H,1-4H3,(H,21,22,23). The maximum atomic E-state index is 12.7.